The minimum atomic E-state index is -0.0810. The van der Waals surface area contributed by atoms with Crippen molar-refractivity contribution >= 4 is 28.6 Å². The molecule has 1 amide bonds. The second-order valence-corrected chi connectivity index (χ2v) is 6.83. The van der Waals surface area contributed by atoms with E-state index in [1.165, 1.54) is 17.0 Å². The highest BCUT2D eigenvalue weighted by atomic mass is 32.1. The van der Waals surface area contributed by atoms with Gasteiger partial charge in [0.05, 0.1) is 10.7 Å². The van der Waals surface area contributed by atoms with Gasteiger partial charge < -0.3 is 10.2 Å². The van der Waals surface area contributed by atoms with Crippen molar-refractivity contribution in [1.82, 2.24) is 4.98 Å². The highest BCUT2D eigenvalue weighted by molar-refractivity contribution is 7.14. The molecule has 0 unspecified atom stereocenters. The van der Waals surface area contributed by atoms with Gasteiger partial charge in [0.25, 0.3) is 5.91 Å². The van der Waals surface area contributed by atoms with Gasteiger partial charge in [0, 0.05) is 30.4 Å². The second kappa shape index (κ2) is 7.59. The van der Waals surface area contributed by atoms with E-state index in [0.29, 0.717) is 10.8 Å². The van der Waals surface area contributed by atoms with Crippen LogP contribution in [0.1, 0.15) is 54.0 Å². The maximum Gasteiger partial charge on any atom is 0.267 e. The molecule has 0 saturated carbocycles. The molecule has 1 heterocycles. The van der Waals surface area contributed by atoms with Crippen LogP contribution in [0.25, 0.3) is 0 Å². The minimum absolute atomic E-state index is 0.0810. The third-order valence-electron chi connectivity index (χ3n) is 3.77. The summed E-state index contributed by atoms with van der Waals surface area (Å²) in [5.41, 5.74) is 2.78. The molecular weight excluding hydrogens is 306 g/mol. The molecule has 0 aliphatic heterocycles. The smallest absolute Gasteiger partial charge is 0.267 e. The summed E-state index contributed by atoms with van der Waals surface area (Å²) in [5, 5.41) is 3.97. The zero-order valence-electron chi connectivity index (χ0n) is 14.5. The molecule has 0 radical (unpaired) electrons. The number of rotatable bonds is 6. The molecule has 0 bridgehead atoms. The lowest BCUT2D eigenvalue weighted by Crippen LogP contribution is -2.21. The molecule has 0 aliphatic carbocycles. The summed E-state index contributed by atoms with van der Waals surface area (Å²) in [6.45, 7) is 12.3. The maximum absolute atomic E-state index is 12.5. The second-order valence-electron chi connectivity index (χ2n) is 5.79. The Balaban J connectivity index is 2.11. The number of aromatic nitrogens is 1. The first-order valence-electron chi connectivity index (χ1n) is 8.09. The number of carbonyl (C=O) groups excluding carboxylic acids is 1. The molecule has 2 rings (SSSR count). The van der Waals surface area contributed by atoms with Crippen LogP contribution in [0.15, 0.2) is 24.3 Å². The van der Waals surface area contributed by atoms with Crippen LogP contribution in [0, 0.1) is 6.92 Å². The highest BCUT2D eigenvalue weighted by Gasteiger charge is 2.17. The largest absolute Gasteiger partial charge is 0.372 e. The van der Waals surface area contributed by atoms with Gasteiger partial charge in [-0.15, -0.1) is 11.3 Å². The predicted octanol–water partition coefficient (Wildman–Crippen LogP) is 4.67. The lowest BCUT2D eigenvalue weighted by molar-refractivity contribution is 0.103. The van der Waals surface area contributed by atoms with Crippen molar-refractivity contribution in [1.29, 1.82) is 0 Å². The summed E-state index contributed by atoms with van der Waals surface area (Å²) >= 11 is 1.48. The number of nitrogens with one attached hydrogen (secondary N) is 1. The lowest BCUT2D eigenvalue weighted by atomic mass is 10.2. The van der Waals surface area contributed by atoms with Crippen LogP contribution < -0.4 is 10.2 Å². The van der Waals surface area contributed by atoms with Crippen molar-refractivity contribution in [2.24, 2.45) is 0 Å². The fraction of sp³-hybridized carbons (Fsp3) is 0.444. The third kappa shape index (κ3) is 4.10. The molecule has 0 atom stereocenters. The van der Waals surface area contributed by atoms with E-state index in [1.54, 1.807) is 0 Å². The van der Waals surface area contributed by atoms with Crippen molar-refractivity contribution < 1.29 is 4.79 Å². The van der Waals surface area contributed by atoms with Crippen molar-refractivity contribution in [2.75, 3.05) is 23.3 Å². The Morgan fingerprint density at radius 2 is 1.83 bits per heavy atom. The third-order valence-corrected chi connectivity index (χ3v) is 5.22. The number of nitrogens with zero attached hydrogens (tertiary/aromatic N) is 2. The van der Waals surface area contributed by atoms with E-state index in [2.05, 4.69) is 42.9 Å². The molecular formula is C18H25N3OS. The molecule has 2 aromatic rings. The molecule has 1 aromatic carbocycles. The van der Waals surface area contributed by atoms with Crippen LogP contribution in [-0.4, -0.2) is 24.0 Å². The highest BCUT2D eigenvalue weighted by Crippen LogP contribution is 2.25. The SMILES string of the molecule is CCN(CC)c1ccc(NC(=O)c2sc(C(C)C)nc2C)cc1. The number of aryl methyl sites for hydroxylation is 1. The molecule has 1 N–H and O–H groups in total. The van der Waals surface area contributed by atoms with Crippen LogP contribution in [0.2, 0.25) is 0 Å². The number of thiazole rings is 1. The topological polar surface area (TPSA) is 45.2 Å². The first-order valence-corrected chi connectivity index (χ1v) is 8.91. The average Bonchev–Trinajstić information content (AvgIpc) is 2.92. The summed E-state index contributed by atoms with van der Waals surface area (Å²) in [4.78, 5) is 19.9. The van der Waals surface area contributed by atoms with Crippen molar-refractivity contribution in [3.8, 4) is 0 Å². The van der Waals surface area contributed by atoms with Gasteiger partial charge in [-0.05, 0) is 45.0 Å². The predicted molar refractivity (Wildman–Crippen MR) is 98.9 cm³/mol. The van der Waals surface area contributed by atoms with Gasteiger partial charge in [-0.3, -0.25) is 4.79 Å². The number of hydrogen-bond donors (Lipinski definition) is 1. The Labute approximate surface area is 142 Å². The summed E-state index contributed by atoms with van der Waals surface area (Å²) in [7, 11) is 0. The van der Waals surface area contributed by atoms with E-state index in [9.17, 15) is 4.79 Å². The fourth-order valence-electron chi connectivity index (χ4n) is 2.41. The number of carbonyl (C=O) groups is 1. The fourth-order valence-corrected chi connectivity index (χ4v) is 3.37. The van der Waals surface area contributed by atoms with Gasteiger partial charge in [-0.25, -0.2) is 4.98 Å². The number of anilines is 2. The van der Waals surface area contributed by atoms with Gasteiger partial charge in [0.15, 0.2) is 0 Å². The Kier molecular flexibility index (Phi) is 5.77. The molecule has 1 aromatic heterocycles. The van der Waals surface area contributed by atoms with Crippen LogP contribution in [0.3, 0.4) is 0 Å². The van der Waals surface area contributed by atoms with Crippen molar-refractivity contribution in [3.63, 3.8) is 0 Å². The normalized spacial score (nSPS) is 10.9. The van der Waals surface area contributed by atoms with E-state index >= 15 is 0 Å². The van der Waals surface area contributed by atoms with E-state index in [-0.39, 0.29) is 5.91 Å². The molecule has 5 heteroatoms. The Bertz CT molecular complexity index is 657. The van der Waals surface area contributed by atoms with Crippen molar-refractivity contribution in [2.45, 2.75) is 40.5 Å². The van der Waals surface area contributed by atoms with Gasteiger partial charge in [-0.1, -0.05) is 13.8 Å². The first kappa shape index (κ1) is 17.5. The quantitative estimate of drug-likeness (QED) is 0.836. The molecule has 0 fully saturated rings. The van der Waals surface area contributed by atoms with E-state index in [1.807, 2.05) is 31.2 Å². The number of hydrogen-bond acceptors (Lipinski definition) is 4. The van der Waals surface area contributed by atoms with Gasteiger partial charge >= 0.3 is 0 Å². The Morgan fingerprint density at radius 3 is 2.30 bits per heavy atom. The van der Waals surface area contributed by atoms with Gasteiger partial charge in [0.1, 0.15) is 4.88 Å². The van der Waals surface area contributed by atoms with E-state index < -0.39 is 0 Å². The Morgan fingerprint density at radius 1 is 1.22 bits per heavy atom. The molecule has 0 aliphatic rings. The van der Waals surface area contributed by atoms with Crippen LogP contribution in [0.5, 0.6) is 0 Å². The Hall–Kier alpha value is -1.88. The first-order chi connectivity index (χ1) is 11.0. The van der Waals surface area contributed by atoms with Crippen LogP contribution in [-0.2, 0) is 0 Å². The lowest BCUT2D eigenvalue weighted by Gasteiger charge is -2.21. The van der Waals surface area contributed by atoms with Gasteiger partial charge in [-0.2, -0.15) is 0 Å². The van der Waals surface area contributed by atoms with Crippen molar-refractivity contribution in [3.05, 3.63) is 39.8 Å². The molecule has 0 saturated heterocycles. The summed E-state index contributed by atoms with van der Waals surface area (Å²) in [6, 6.07) is 7.99. The minimum Gasteiger partial charge on any atom is -0.372 e. The number of benzene rings is 1. The van der Waals surface area contributed by atoms with Gasteiger partial charge in [0.2, 0.25) is 0 Å². The monoisotopic (exact) mass is 331 g/mol. The molecule has 4 nitrogen and oxygen atoms in total. The van der Waals surface area contributed by atoms with Crippen LogP contribution >= 0.6 is 11.3 Å². The maximum atomic E-state index is 12.5. The van der Waals surface area contributed by atoms with E-state index in [4.69, 9.17) is 0 Å². The zero-order valence-corrected chi connectivity index (χ0v) is 15.3. The van der Waals surface area contributed by atoms with E-state index in [0.717, 1.165) is 29.5 Å². The molecule has 124 valence electrons. The number of amides is 1. The molecule has 0 spiro atoms. The average molecular weight is 331 g/mol. The van der Waals surface area contributed by atoms with Crippen LogP contribution in [0.4, 0.5) is 11.4 Å². The summed E-state index contributed by atoms with van der Waals surface area (Å²) < 4.78 is 0. The zero-order chi connectivity index (χ0) is 17.0. The summed E-state index contributed by atoms with van der Waals surface area (Å²) in [6.07, 6.45) is 0. The summed E-state index contributed by atoms with van der Waals surface area (Å²) in [5.74, 6) is 0.260. The standard InChI is InChI=1S/C18H25N3OS/c1-6-21(7-2)15-10-8-14(9-11-15)20-17(22)16-13(5)19-18(23-16)12(3)4/h8-12H,6-7H2,1-5H3,(H,20,22). The molecule has 23 heavy (non-hydrogen) atoms.